The van der Waals surface area contributed by atoms with E-state index in [0.717, 1.165) is 11.3 Å². The average Bonchev–Trinajstić information content (AvgIpc) is 3.44. The molecule has 1 aromatic heterocycles. The van der Waals surface area contributed by atoms with E-state index in [0.29, 0.717) is 21.8 Å². The Morgan fingerprint density at radius 3 is 2.34 bits per heavy atom. The maximum Gasteiger partial charge on any atom is 0.516 e. The third-order valence-electron chi connectivity index (χ3n) is 6.82. The molecule has 1 saturated heterocycles. The van der Waals surface area contributed by atoms with Crippen LogP contribution in [0.15, 0.2) is 58.8 Å². The van der Waals surface area contributed by atoms with Crippen LogP contribution in [0.4, 0.5) is 18.9 Å². The summed E-state index contributed by atoms with van der Waals surface area (Å²) < 4.78 is 96.2. The predicted molar refractivity (Wildman–Crippen MR) is 156 cm³/mol. The van der Waals surface area contributed by atoms with Gasteiger partial charge in [-0.2, -0.15) is 25.9 Å². The number of hydrogen-bond donors (Lipinski definition) is 4. The molecule has 0 saturated carbocycles. The molecule has 238 valence electrons. The van der Waals surface area contributed by atoms with Gasteiger partial charge in [0, 0.05) is 29.2 Å². The second-order valence-corrected chi connectivity index (χ2v) is 14.6. The number of nitrogen functional groups attached to an aromatic ring is 1. The van der Waals surface area contributed by atoms with Gasteiger partial charge in [0.1, 0.15) is 9.96 Å². The molecule has 0 unspecified atom stereocenters. The smallest absolute Gasteiger partial charge is 0.497 e. The van der Waals surface area contributed by atoms with Gasteiger partial charge in [-0.25, -0.2) is 14.3 Å². The van der Waals surface area contributed by atoms with Crippen LogP contribution in [-0.2, 0) is 26.6 Å². The molecule has 2 aromatic carbocycles. The predicted octanol–water partition coefficient (Wildman–Crippen LogP) is 3.12. The van der Waals surface area contributed by atoms with Crippen molar-refractivity contribution in [1.29, 1.82) is 0 Å². The van der Waals surface area contributed by atoms with Crippen molar-refractivity contribution < 1.29 is 44.3 Å². The number of piperidine rings is 1. The SMILES string of the molecule is COc1cccc(C(=O)NCc2cc(C(=O)NN)c(S(=O)(=O)N3CCC(c4cccc(NS(=O)(=O)C(F)(F)F)c4)CC3)s2)c1. The van der Waals surface area contributed by atoms with Crippen LogP contribution in [0, 0.1) is 0 Å². The Morgan fingerprint density at radius 1 is 1.02 bits per heavy atom. The number of anilines is 1. The van der Waals surface area contributed by atoms with Gasteiger partial charge in [-0.05, 0) is 60.7 Å². The number of halogens is 3. The molecule has 18 heteroatoms. The van der Waals surface area contributed by atoms with Crippen molar-refractivity contribution in [3.63, 3.8) is 0 Å². The lowest BCUT2D eigenvalue weighted by Gasteiger charge is -2.31. The Hall–Kier alpha value is -3.71. The average molecular weight is 676 g/mol. The van der Waals surface area contributed by atoms with E-state index in [4.69, 9.17) is 10.6 Å². The van der Waals surface area contributed by atoms with Gasteiger partial charge in [0.05, 0.1) is 19.2 Å². The first-order valence-electron chi connectivity index (χ1n) is 12.9. The molecule has 0 radical (unpaired) electrons. The zero-order chi connectivity index (χ0) is 32.3. The summed E-state index contributed by atoms with van der Waals surface area (Å²) in [6, 6.07) is 13.3. The molecule has 0 spiro atoms. The van der Waals surface area contributed by atoms with E-state index in [-0.39, 0.29) is 53.9 Å². The van der Waals surface area contributed by atoms with E-state index in [1.54, 1.807) is 24.3 Å². The van der Waals surface area contributed by atoms with Gasteiger partial charge < -0.3 is 10.1 Å². The van der Waals surface area contributed by atoms with Crippen molar-refractivity contribution >= 4 is 48.9 Å². The third-order valence-corrected chi connectivity index (χ3v) is 11.5. The minimum atomic E-state index is -5.60. The van der Waals surface area contributed by atoms with E-state index < -0.39 is 37.4 Å². The highest BCUT2D eigenvalue weighted by molar-refractivity contribution is 7.93. The monoisotopic (exact) mass is 675 g/mol. The first-order valence-corrected chi connectivity index (χ1v) is 16.7. The van der Waals surface area contributed by atoms with Crippen LogP contribution in [0.25, 0.3) is 0 Å². The summed E-state index contributed by atoms with van der Waals surface area (Å²) in [5.74, 6) is 4.23. The first kappa shape index (κ1) is 33.2. The maximum absolute atomic E-state index is 13.7. The number of rotatable bonds is 10. The number of nitrogens with one attached hydrogen (secondary N) is 3. The van der Waals surface area contributed by atoms with E-state index in [1.165, 1.54) is 46.5 Å². The Kier molecular flexibility index (Phi) is 9.89. The van der Waals surface area contributed by atoms with Crippen LogP contribution < -0.4 is 26.0 Å². The fourth-order valence-corrected chi connectivity index (χ4v) is 8.38. The Balaban J connectivity index is 1.47. The van der Waals surface area contributed by atoms with Gasteiger partial charge in [0.2, 0.25) is 0 Å². The topological polar surface area (TPSA) is 177 Å². The molecule has 0 atom stereocenters. The fourth-order valence-electron chi connectivity index (χ4n) is 4.59. The lowest BCUT2D eigenvalue weighted by atomic mass is 9.90. The number of carbonyl (C=O) groups excluding carboxylic acids is 2. The zero-order valence-electron chi connectivity index (χ0n) is 23.0. The molecule has 5 N–H and O–H groups in total. The second kappa shape index (κ2) is 13.1. The molecule has 1 fully saturated rings. The molecule has 0 bridgehead atoms. The van der Waals surface area contributed by atoms with Crippen molar-refractivity contribution in [2.24, 2.45) is 5.84 Å². The lowest BCUT2D eigenvalue weighted by Crippen LogP contribution is -2.39. The van der Waals surface area contributed by atoms with Crippen molar-refractivity contribution in [3.05, 3.63) is 76.2 Å². The number of amides is 2. The highest BCUT2D eigenvalue weighted by Gasteiger charge is 2.46. The standard InChI is InChI=1S/C26H28F3N5O7S3/c1-41-20-7-3-5-18(13-20)23(35)31-15-21-14-22(24(36)32-30)25(42-21)43(37,38)34-10-8-16(9-11-34)17-4-2-6-19(12-17)33-44(39,40)26(27,28)29/h2-7,12-14,16,33H,8-11,15,30H2,1H3,(H,31,35)(H,32,36). The molecule has 44 heavy (non-hydrogen) atoms. The summed E-state index contributed by atoms with van der Waals surface area (Å²) in [6.45, 7) is -0.0262. The lowest BCUT2D eigenvalue weighted by molar-refractivity contribution is -0.0429. The number of methoxy groups -OCH3 is 1. The minimum absolute atomic E-state index is 0.0228. The van der Waals surface area contributed by atoms with Gasteiger partial charge in [0.15, 0.2) is 0 Å². The van der Waals surface area contributed by atoms with E-state index in [2.05, 4.69) is 5.32 Å². The van der Waals surface area contributed by atoms with Crippen molar-refractivity contribution in [2.75, 3.05) is 24.9 Å². The van der Waals surface area contributed by atoms with E-state index >= 15 is 0 Å². The number of hydrazine groups is 1. The molecule has 1 aliphatic rings. The fraction of sp³-hybridized carbons (Fsp3) is 0.308. The number of hydrogen-bond acceptors (Lipinski definition) is 9. The largest absolute Gasteiger partial charge is 0.516 e. The number of benzene rings is 2. The number of nitrogens with zero attached hydrogens (tertiary/aromatic N) is 1. The summed E-state index contributed by atoms with van der Waals surface area (Å²) in [5, 5.41) is 2.69. The third kappa shape index (κ3) is 7.32. The van der Waals surface area contributed by atoms with E-state index in [1.807, 2.05) is 5.43 Å². The number of carbonyl (C=O) groups is 2. The number of ether oxygens (including phenoxy) is 1. The molecule has 2 amide bonds. The molecule has 1 aliphatic heterocycles. The number of alkyl halides is 3. The van der Waals surface area contributed by atoms with E-state index in [9.17, 15) is 39.6 Å². The zero-order valence-corrected chi connectivity index (χ0v) is 25.5. The van der Waals surface area contributed by atoms with Gasteiger partial charge in [-0.3, -0.25) is 19.7 Å². The van der Waals surface area contributed by atoms with Crippen molar-refractivity contribution in [2.45, 2.75) is 35.0 Å². The van der Waals surface area contributed by atoms with Crippen LogP contribution in [-0.4, -0.2) is 58.7 Å². The van der Waals surface area contributed by atoms with Gasteiger partial charge >= 0.3 is 15.5 Å². The molecular weight excluding hydrogens is 648 g/mol. The normalized spacial score (nSPS) is 15.0. The second-order valence-electron chi connectivity index (χ2n) is 9.66. The summed E-state index contributed by atoms with van der Waals surface area (Å²) in [6.07, 6.45) is 0.559. The Bertz CT molecular complexity index is 1750. The van der Waals surface area contributed by atoms with Crippen LogP contribution in [0.5, 0.6) is 5.75 Å². The van der Waals surface area contributed by atoms with Crippen molar-refractivity contribution in [1.82, 2.24) is 15.0 Å². The minimum Gasteiger partial charge on any atom is -0.497 e. The maximum atomic E-state index is 13.7. The number of thiophene rings is 1. The van der Waals surface area contributed by atoms with Gasteiger partial charge in [0.25, 0.3) is 21.8 Å². The van der Waals surface area contributed by atoms with Crippen LogP contribution >= 0.6 is 11.3 Å². The van der Waals surface area contributed by atoms with Crippen LogP contribution in [0.1, 0.15) is 49.9 Å². The van der Waals surface area contributed by atoms with Crippen LogP contribution in [0.3, 0.4) is 0 Å². The summed E-state index contributed by atoms with van der Waals surface area (Å²) >= 11 is 0.812. The number of sulfonamides is 2. The molecule has 4 rings (SSSR count). The Labute approximate surface area is 255 Å². The quantitative estimate of drug-likeness (QED) is 0.144. The molecular formula is C26H28F3N5O7S3. The van der Waals surface area contributed by atoms with Crippen LogP contribution in [0.2, 0.25) is 0 Å². The number of nitrogens with two attached hydrogens (primary N) is 1. The highest BCUT2D eigenvalue weighted by Crippen LogP contribution is 2.36. The summed E-state index contributed by atoms with van der Waals surface area (Å²) in [5.41, 5.74) is -3.14. The highest BCUT2D eigenvalue weighted by atomic mass is 32.2. The summed E-state index contributed by atoms with van der Waals surface area (Å²) in [7, 11) is -8.33. The molecule has 2 heterocycles. The van der Waals surface area contributed by atoms with Gasteiger partial charge in [-0.1, -0.05) is 18.2 Å². The first-order chi connectivity index (χ1) is 20.7. The van der Waals surface area contributed by atoms with Crippen molar-refractivity contribution in [3.8, 4) is 5.75 Å². The summed E-state index contributed by atoms with van der Waals surface area (Å²) in [4.78, 5) is 25.5. The molecule has 3 aromatic rings. The van der Waals surface area contributed by atoms with Gasteiger partial charge in [-0.15, -0.1) is 11.3 Å². The molecule has 12 nitrogen and oxygen atoms in total. The molecule has 0 aliphatic carbocycles. The Morgan fingerprint density at radius 2 is 1.70 bits per heavy atom.